The third-order valence-corrected chi connectivity index (χ3v) is 2.77. The van der Waals surface area contributed by atoms with Crippen molar-refractivity contribution in [3.63, 3.8) is 0 Å². The maximum Gasteiger partial charge on any atom is 0.252 e. The minimum absolute atomic E-state index is 0.134. The van der Waals surface area contributed by atoms with Crippen molar-refractivity contribution in [2.24, 2.45) is 0 Å². The second-order valence-corrected chi connectivity index (χ2v) is 4.20. The molecular formula is C14H14FNO2. The Hall–Kier alpha value is -1.94. The van der Waals surface area contributed by atoms with Gasteiger partial charge in [-0.15, -0.1) is 0 Å². The van der Waals surface area contributed by atoms with Crippen LogP contribution in [0.4, 0.5) is 4.39 Å². The predicted molar refractivity (Wildman–Crippen MR) is 67.9 cm³/mol. The lowest BCUT2D eigenvalue weighted by molar-refractivity contribution is 0.0924. The SMILES string of the molecule is C[C@@H](CO)NC(=O)c1ccc(F)c2ccccc12. The number of carbonyl (C=O) groups excluding carboxylic acids is 1. The Labute approximate surface area is 104 Å². The summed E-state index contributed by atoms with van der Waals surface area (Å²) >= 11 is 0. The number of amides is 1. The maximum absolute atomic E-state index is 13.6. The third-order valence-electron chi connectivity index (χ3n) is 2.77. The molecule has 94 valence electrons. The smallest absolute Gasteiger partial charge is 0.252 e. The topological polar surface area (TPSA) is 49.3 Å². The van der Waals surface area contributed by atoms with E-state index in [1.807, 2.05) is 0 Å². The molecule has 0 fully saturated rings. The van der Waals surface area contributed by atoms with E-state index in [1.165, 1.54) is 12.1 Å². The summed E-state index contributed by atoms with van der Waals surface area (Å²) in [5.41, 5.74) is 0.410. The summed E-state index contributed by atoms with van der Waals surface area (Å²) in [6.07, 6.45) is 0. The summed E-state index contributed by atoms with van der Waals surface area (Å²) < 4.78 is 13.6. The highest BCUT2D eigenvalue weighted by Crippen LogP contribution is 2.21. The number of fused-ring (bicyclic) bond motifs is 1. The zero-order valence-corrected chi connectivity index (χ0v) is 9.98. The molecule has 2 rings (SSSR count). The van der Waals surface area contributed by atoms with Crippen LogP contribution >= 0.6 is 0 Å². The molecule has 0 aliphatic rings. The number of aliphatic hydroxyl groups is 1. The van der Waals surface area contributed by atoms with Gasteiger partial charge in [0.05, 0.1) is 6.61 Å². The van der Waals surface area contributed by atoms with Crippen LogP contribution in [-0.2, 0) is 0 Å². The van der Waals surface area contributed by atoms with E-state index in [0.29, 0.717) is 16.3 Å². The highest BCUT2D eigenvalue weighted by Gasteiger charge is 2.13. The number of halogens is 1. The van der Waals surface area contributed by atoms with Crippen molar-refractivity contribution in [1.29, 1.82) is 0 Å². The Morgan fingerprint density at radius 3 is 2.61 bits per heavy atom. The molecule has 0 saturated heterocycles. The molecule has 0 heterocycles. The van der Waals surface area contributed by atoms with Crippen LogP contribution in [0.2, 0.25) is 0 Å². The van der Waals surface area contributed by atoms with E-state index in [9.17, 15) is 9.18 Å². The molecule has 0 aliphatic heterocycles. The lowest BCUT2D eigenvalue weighted by Gasteiger charge is -2.12. The first-order valence-corrected chi connectivity index (χ1v) is 5.72. The van der Waals surface area contributed by atoms with Crippen LogP contribution in [0.15, 0.2) is 36.4 Å². The fraction of sp³-hybridized carbons (Fsp3) is 0.214. The van der Waals surface area contributed by atoms with Gasteiger partial charge >= 0.3 is 0 Å². The first-order valence-electron chi connectivity index (χ1n) is 5.72. The van der Waals surface area contributed by atoms with Crippen LogP contribution in [0.5, 0.6) is 0 Å². The van der Waals surface area contributed by atoms with Crippen molar-refractivity contribution < 1.29 is 14.3 Å². The van der Waals surface area contributed by atoms with E-state index in [2.05, 4.69) is 5.32 Å². The summed E-state index contributed by atoms with van der Waals surface area (Å²) in [5.74, 6) is -0.662. The summed E-state index contributed by atoms with van der Waals surface area (Å²) in [6, 6.07) is 9.23. The predicted octanol–water partition coefficient (Wildman–Crippen LogP) is 2.09. The van der Waals surface area contributed by atoms with Crippen LogP contribution in [0.25, 0.3) is 10.8 Å². The molecule has 3 nitrogen and oxygen atoms in total. The van der Waals surface area contributed by atoms with Crippen molar-refractivity contribution in [2.45, 2.75) is 13.0 Å². The molecule has 0 saturated carbocycles. The molecule has 0 radical (unpaired) electrons. The number of carbonyl (C=O) groups is 1. The van der Waals surface area contributed by atoms with Crippen LogP contribution in [0, 0.1) is 5.82 Å². The summed E-state index contributed by atoms with van der Waals surface area (Å²) in [5, 5.41) is 12.5. The van der Waals surface area contributed by atoms with E-state index in [0.717, 1.165) is 0 Å². The molecule has 18 heavy (non-hydrogen) atoms. The van der Waals surface area contributed by atoms with E-state index < -0.39 is 0 Å². The average molecular weight is 247 g/mol. The van der Waals surface area contributed by atoms with Gasteiger partial charge in [0.25, 0.3) is 5.91 Å². The molecule has 2 N–H and O–H groups in total. The molecule has 0 unspecified atom stereocenters. The second kappa shape index (κ2) is 5.14. The molecular weight excluding hydrogens is 233 g/mol. The number of rotatable bonds is 3. The third kappa shape index (κ3) is 2.33. The lowest BCUT2D eigenvalue weighted by Crippen LogP contribution is -2.35. The summed E-state index contributed by atoms with van der Waals surface area (Å²) in [4.78, 5) is 12.0. The first-order chi connectivity index (χ1) is 8.63. The molecule has 0 aliphatic carbocycles. The van der Waals surface area contributed by atoms with Crippen LogP contribution < -0.4 is 5.32 Å². The van der Waals surface area contributed by atoms with Gasteiger partial charge in [-0.2, -0.15) is 0 Å². The average Bonchev–Trinajstić information content (AvgIpc) is 2.39. The van der Waals surface area contributed by atoms with Crippen molar-refractivity contribution in [3.8, 4) is 0 Å². The van der Waals surface area contributed by atoms with Crippen molar-refractivity contribution >= 4 is 16.7 Å². The monoisotopic (exact) mass is 247 g/mol. The number of benzene rings is 2. The quantitative estimate of drug-likeness (QED) is 0.872. The van der Waals surface area contributed by atoms with Gasteiger partial charge in [0.1, 0.15) is 5.82 Å². The Kier molecular flexibility index (Phi) is 3.58. The van der Waals surface area contributed by atoms with Gasteiger partial charge in [0, 0.05) is 17.0 Å². The Balaban J connectivity index is 2.45. The fourth-order valence-electron chi connectivity index (χ4n) is 1.81. The normalized spacial score (nSPS) is 12.4. The van der Waals surface area contributed by atoms with E-state index in [1.54, 1.807) is 31.2 Å². The standard InChI is InChI=1S/C14H14FNO2/c1-9(8-17)16-14(18)12-6-7-13(15)11-5-3-2-4-10(11)12/h2-7,9,17H,8H2,1H3,(H,16,18)/t9-/m0/s1. The molecule has 1 amide bonds. The molecule has 0 aromatic heterocycles. The van der Waals surface area contributed by atoms with Gasteiger partial charge in [-0.1, -0.05) is 24.3 Å². The number of nitrogens with one attached hydrogen (secondary N) is 1. The van der Waals surface area contributed by atoms with Crippen LogP contribution in [0.1, 0.15) is 17.3 Å². The molecule has 0 spiro atoms. The summed E-state index contributed by atoms with van der Waals surface area (Å²) in [7, 11) is 0. The number of hydrogen-bond donors (Lipinski definition) is 2. The molecule has 2 aromatic rings. The van der Waals surface area contributed by atoms with Crippen molar-refractivity contribution in [3.05, 3.63) is 47.8 Å². The maximum atomic E-state index is 13.6. The van der Waals surface area contributed by atoms with Crippen molar-refractivity contribution in [2.75, 3.05) is 6.61 Å². The van der Waals surface area contributed by atoms with Gasteiger partial charge < -0.3 is 10.4 Å². The van der Waals surface area contributed by atoms with Gasteiger partial charge in [-0.05, 0) is 24.4 Å². The lowest BCUT2D eigenvalue weighted by atomic mass is 10.0. The zero-order chi connectivity index (χ0) is 13.1. The van der Waals surface area contributed by atoms with Crippen LogP contribution in [0.3, 0.4) is 0 Å². The zero-order valence-electron chi connectivity index (χ0n) is 9.98. The highest BCUT2D eigenvalue weighted by molar-refractivity contribution is 6.07. The fourth-order valence-corrected chi connectivity index (χ4v) is 1.81. The van der Waals surface area contributed by atoms with Gasteiger partial charge in [-0.25, -0.2) is 4.39 Å². The van der Waals surface area contributed by atoms with E-state index >= 15 is 0 Å². The van der Waals surface area contributed by atoms with E-state index in [-0.39, 0.29) is 24.4 Å². The first kappa shape index (κ1) is 12.5. The van der Waals surface area contributed by atoms with Gasteiger partial charge in [-0.3, -0.25) is 4.79 Å². The van der Waals surface area contributed by atoms with Crippen LogP contribution in [-0.4, -0.2) is 23.7 Å². The minimum Gasteiger partial charge on any atom is -0.394 e. The Morgan fingerprint density at radius 1 is 1.28 bits per heavy atom. The molecule has 0 bridgehead atoms. The summed E-state index contributed by atoms with van der Waals surface area (Å²) in [6.45, 7) is 1.56. The molecule has 4 heteroatoms. The largest absolute Gasteiger partial charge is 0.394 e. The van der Waals surface area contributed by atoms with Gasteiger partial charge in [0.2, 0.25) is 0 Å². The number of aliphatic hydroxyl groups excluding tert-OH is 1. The minimum atomic E-state index is -0.350. The number of hydrogen-bond acceptors (Lipinski definition) is 2. The Bertz CT molecular complexity index is 583. The highest BCUT2D eigenvalue weighted by atomic mass is 19.1. The molecule has 2 aromatic carbocycles. The van der Waals surface area contributed by atoms with Gasteiger partial charge in [0.15, 0.2) is 0 Å². The molecule has 1 atom stereocenters. The van der Waals surface area contributed by atoms with E-state index in [4.69, 9.17) is 5.11 Å². The Morgan fingerprint density at radius 2 is 1.94 bits per heavy atom. The second-order valence-electron chi connectivity index (χ2n) is 4.20. The van der Waals surface area contributed by atoms with Crippen molar-refractivity contribution in [1.82, 2.24) is 5.32 Å².